The molecule has 0 spiro atoms. The Kier molecular flexibility index (Phi) is 6.37. The monoisotopic (exact) mass is 443 g/mol. The van der Waals surface area contributed by atoms with Crippen LogP contribution in [0.4, 0.5) is 11.6 Å². The molecule has 1 saturated heterocycles. The van der Waals surface area contributed by atoms with Crippen LogP contribution in [0.3, 0.4) is 0 Å². The summed E-state index contributed by atoms with van der Waals surface area (Å²) in [7, 11) is 8.03. The maximum Gasteiger partial charge on any atom is 0.257 e. The summed E-state index contributed by atoms with van der Waals surface area (Å²) in [6.45, 7) is 5.49. The lowest BCUT2D eigenvalue weighted by atomic mass is 10.1. The van der Waals surface area contributed by atoms with Gasteiger partial charge in [0.25, 0.3) is 5.91 Å². The van der Waals surface area contributed by atoms with Gasteiger partial charge in [0.15, 0.2) is 0 Å². The van der Waals surface area contributed by atoms with Crippen molar-refractivity contribution in [1.82, 2.24) is 19.8 Å². The molecular formula is C25H29N7O. The molecule has 1 aromatic carbocycles. The van der Waals surface area contributed by atoms with Crippen molar-refractivity contribution in [2.45, 2.75) is 6.04 Å². The molecule has 3 aromatic rings. The lowest BCUT2D eigenvalue weighted by Crippen LogP contribution is -2.57. The molecule has 0 radical (unpaired) electrons. The Balaban J connectivity index is 1.52. The lowest BCUT2D eigenvalue weighted by molar-refractivity contribution is 0.102. The topological polar surface area (TPSA) is 77.0 Å². The molecular weight excluding hydrogens is 414 g/mol. The number of aliphatic imine (C=N–C) groups is 1. The second kappa shape index (κ2) is 9.38. The molecule has 8 nitrogen and oxygen atoms in total. The van der Waals surface area contributed by atoms with Crippen LogP contribution in [0.1, 0.15) is 15.9 Å². The van der Waals surface area contributed by atoms with Gasteiger partial charge in [0.1, 0.15) is 11.6 Å². The quantitative estimate of drug-likeness (QED) is 0.565. The summed E-state index contributed by atoms with van der Waals surface area (Å²) in [6.07, 6.45) is 5.34. The Morgan fingerprint density at radius 3 is 2.58 bits per heavy atom. The highest BCUT2D eigenvalue weighted by atomic mass is 16.1. The number of benzene rings is 1. The van der Waals surface area contributed by atoms with E-state index in [0.717, 1.165) is 40.9 Å². The van der Waals surface area contributed by atoms with Crippen molar-refractivity contribution in [3.8, 4) is 0 Å². The molecule has 1 aliphatic rings. The average Bonchev–Trinajstić information content (AvgIpc) is 2.75. The minimum absolute atomic E-state index is 0.215. The normalized spacial score (nSPS) is 14.3. The summed E-state index contributed by atoms with van der Waals surface area (Å²) in [6, 6.07) is 11.9. The molecule has 2 aromatic heterocycles. The predicted octanol–water partition coefficient (Wildman–Crippen LogP) is 3.19. The number of carbonyl (C=O) groups excluding carboxylic acids is 1. The van der Waals surface area contributed by atoms with E-state index in [1.165, 1.54) is 0 Å². The van der Waals surface area contributed by atoms with E-state index in [4.69, 9.17) is 0 Å². The highest BCUT2D eigenvalue weighted by Gasteiger charge is 2.29. The molecule has 0 atom stereocenters. The third-order valence-corrected chi connectivity index (χ3v) is 5.73. The first kappa shape index (κ1) is 22.4. The Labute approximate surface area is 194 Å². The Bertz CT molecular complexity index is 1210. The summed E-state index contributed by atoms with van der Waals surface area (Å²) in [5, 5.41) is 4.84. The third-order valence-electron chi connectivity index (χ3n) is 5.73. The number of anilines is 2. The van der Waals surface area contributed by atoms with Crippen molar-refractivity contribution in [3.05, 3.63) is 66.1 Å². The third kappa shape index (κ3) is 5.01. The van der Waals surface area contributed by atoms with Crippen molar-refractivity contribution in [3.63, 3.8) is 0 Å². The van der Waals surface area contributed by atoms with Gasteiger partial charge >= 0.3 is 0 Å². The molecule has 0 bridgehead atoms. The van der Waals surface area contributed by atoms with Crippen LogP contribution in [0.5, 0.6) is 0 Å². The second-order valence-corrected chi connectivity index (χ2v) is 8.65. The number of nitrogens with zero attached hydrogens (tertiary/aromatic N) is 6. The zero-order valence-electron chi connectivity index (χ0n) is 19.5. The predicted molar refractivity (Wildman–Crippen MR) is 135 cm³/mol. The number of amides is 1. The van der Waals surface area contributed by atoms with Crippen LogP contribution in [0.2, 0.25) is 0 Å². The fourth-order valence-electron chi connectivity index (χ4n) is 3.71. The summed E-state index contributed by atoms with van der Waals surface area (Å²) in [4.78, 5) is 32.2. The van der Waals surface area contributed by atoms with Gasteiger partial charge in [-0.1, -0.05) is 12.1 Å². The molecule has 0 aliphatic carbocycles. The molecule has 1 fully saturated rings. The van der Waals surface area contributed by atoms with E-state index in [2.05, 4.69) is 50.9 Å². The van der Waals surface area contributed by atoms with Gasteiger partial charge in [0, 0.05) is 68.3 Å². The number of hydrogen-bond donors (Lipinski definition) is 1. The van der Waals surface area contributed by atoms with Crippen molar-refractivity contribution < 1.29 is 4.79 Å². The summed E-state index contributed by atoms with van der Waals surface area (Å²) < 4.78 is 0. The smallest absolute Gasteiger partial charge is 0.257 e. The molecule has 3 heterocycles. The van der Waals surface area contributed by atoms with Crippen LogP contribution in [-0.2, 0) is 0 Å². The van der Waals surface area contributed by atoms with Crippen LogP contribution in [0.25, 0.3) is 16.5 Å². The van der Waals surface area contributed by atoms with Crippen molar-refractivity contribution in [1.29, 1.82) is 0 Å². The van der Waals surface area contributed by atoms with Gasteiger partial charge in [0.05, 0.1) is 5.70 Å². The van der Waals surface area contributed by atoms with Gasteiger partial charge in [-0.15, -0.1) is 0 Å². The van der Waals surface area contributed by atoms with E-state index in [9.17, 15) is 4.79 Å². The largest absolute Gasteiger partial charge is 0.382 e. The zero-order valence-corrected chi connectivity index (χ0v) is 19.5. The van der Waals surface area contributed by atoms with Gasteiger partial charge in [-0.05, 0) is 50.5 Å². The molecule has 1 amide bonds. The molecule has 4 rings (SSSR count). The fourth-order valence-corrected chi connectivity index (χ4v) is 3.71. The number of likely N-dealkylation sites (N-methyl/N-ethyl adjacent to an activating group) is 1. The number of nitrogens with one attached hydrogen (secondary N) is 1. The van der Waals surface area contributed by atoms with Crippen LogP contribution < -0.4 is 10.2 Å². The maximum absolute atomic E-state index is 12.9. The van der Waals surface area contributed by atoms with Gasteiger partial charge in [-0.25, -0.2) is 9.97 Å². The van der Waals surface area contributed by atoms with Crippen molar-refractivity contribution in [2.75, 3.05) is 51.5 Å². The number of carbonyl (C=O) groups is 1. The SMILES string of the molecule is C=N/C(=C\N(C)C)c1ccc2cnc(NC(=O)c3ccnc(N4CC(N(C)C)C4)c3)cc2c1. The molecule has 33 heavy (non-hydrogen) atoms. The van der Waals surface area contributed by atoms with E-state index < -0.39 is 0 Å². The van der Waals surface area contributed by atoms with Crippen LogP contribution >= 0.6 is 0 Å². The number of hydrogen-bond acceptors (Lipinski definition) is 7. The van der Waals surface area contributed by atoms with E-state index in [0.29, 0.717) is 17.4 Å². The molecule has 0 unspecified atom stereocenters. The number of pyridine rings is 2. The molecule has 0 saturated carbocycles. The highest BCUT2D eigenvalue weighted by Crippen LogP contribution is 2.25. The standard InChI is InChI=1S/C25H29N7O/c1-26-22(16-30(2)3)17-6-7-19-13-28-23(11-20(19)10-17)29-25(33)18-8-9-27-24(12-18)32-14-21(15-32)31(4)5/h6-13,16,21H,1,14-15H2,2-5H3,(H,28,29,33)/b22-16-. The molecule has 1 N–H and O–H groups in total. The maximum atomic E-state index is 12.9. The first-order valence-electron chi connectivity index (χ1n) is 10.8. The van der Waals surface area contributed by atoms with Crippen molar-refractivity contribution in [2.24, 2.45) is 4.99 Å². The Morgan fingerprint density at radius 1 is 1.09 bits per heavy atom. The van der Waals surface area contributed by atoms with E-state index in [-0.39, 0.29) is 5.91 Å². The molecule has 1 aliphatic heterocycles. The van der Waals surface area contributed by atoms with E-state index >= 15 is 0 Å². The minimum Gasteiger partial charge on any atom is -0.382 e. The zero-order chi connectivity index (χ0) is 23.5. The average molecular weight is 444 g/mol. The Morgan fingerprint density at radius 2 is 1.88 bits per heavy atom. The van der Waals surface area contributed by atoms with Gasteiger partial charge in [-0.2, -0.15) is 0 Å². The summed E-state index contributed by atoms with van der Waals surface area (Å²) in [5.41, 5.74) is 2.27. The Hall–Kier alpha value is -3.78. The first-order valence-corrected chi connectivity index (χ1v) is 10.8. The van der Waals surface area contributed by atoms with Gasteiger partial charge < -0.3 is 20.0 Å². The number of aromatic nitrogens is 2. The van der Waals surface area contributed by atoms with Gasteiger partial charge in [0.2, 0.25) is 0 Å². The molecule has 170 valence electrons. The van der Waals surface area contributed by atoms with Crippen LogP contribution in [0.15, 0.2) is 60.0 Å². The van der Waals surface area contributed by atoms with E-state index in [1.54, 1.807) is 18.5 Å². The number of rotatable bonds is 7. The van der Waals surface area contributed by atoms with E-state index in [1.807, 2.05) is 55.5 Å². The number of fused-ring (bicyclic) bond motifs is 1. The lowest BCUT2D eigenvalue weighted by Gasteiger charge is -2.43. The first-order chi connectivity index (χ1) is 15.8. The van der Waals surface area contributed by atoms with Crippen molar-refractivity contribution >= 4 is 40.7 Å². The van der Waals surface area contributed by atoms with Crippen LogP contribution in [0, 0.1) is 0 Å². The fraction of sp³-hybridized carbons (Fsp3) is 0.280. The molecule has 8 heteroatoms. The second-order valence-electron chi connectivity index (χ2n) is 8.65. The summed E-state index contributed by atoms with van der Waals surface area (Å²) >= 11 is 0. The summed E-state index contributed by atoms with van der Waals surface area (Å²) in [5.74, 6) is 1.09. The van der Waals surface area contributed by atoms with Gasteiger partial charge in [-0.3, -0.25) is 9.79 Å². The van der Waals surface area contributed by atoms with Crippen LogP contribution in [-0.4, -0.2) is 79.7 Å². The highest BCUT2D eigenvalue weighted by molar-refractivity contribution is 6.05. The minimum atomic E-state index is -0.215.